The van der Waals surface area contributed by atoms with Gasteiger partial charge in [-0.15, -0.1) is 11.8 Å². The van der Waals surface area contributed by atoms with Gasteiger partial charge in [-0.3, -0.25) is 9.59 Å². The van der Waals surface area contributed by atoms with E-state index in [0.717, 1.165) is 16.9 Å². The highest BCUT2D eigenvalue weighted by Crippen LogP contribution is 2.51. The van der Waals surface area contributed by atoms with Gasteiger partial charge in [-0.25, -0.2) is 4.79 Å². The van der Waals surface area contributed by atoms with Crippen molar-refractivity contribution in [1.29, 1.82) is 0 Å². The van der Waals surface area contributed by atoms with E-state index in [1.54, 1.807) is 24.1 Å². The first kappa shape index (κ1) is 22.2. The minimum absolute atomic E-state index is 0.115. The maximum atomic E-state index is 12.9. The second-order valence-corrected chi connectivity index (χ2v) is 10.2. The average Bonchev–Trinajstić information content (AvgIpc) is 3.04. The van der Waals surface area contributed by atoms with Gasteiger partial charge >= 0.3 is 5.97 Å². The fraction of sp³-hybridized carbons (Fsp3) is 0.375. The molecule has 2 aliphatic heterocycles. The Balaban J connectivity index is 1.37. The number of thioether (sulfide) groups is 1. The van der Waals surface area contributed by atoms with E-state index in [-0.39, 0.29) is 30.2 Å². The van der Waals surface area contributed by atoms with Crippen LogP contribution in [0.25, 0.3) is 0 Å². The van der Waals surface area contributed by atoms with Gasteiger partial charge < -0.3 is 19.7 Å². The number of rotatable bonds is 7. The smallest absolute Gasteiger partial charge is 0.330 e. The van der Waals surface area contributed by atoms with E-state index in [1.165, 1.54) is 11.8 Å². The van der Waals surface area contributed by atoms with Crippen molar-refractivity contribution in [2.24, 2.45) is 0 Å². The summed E-state index contributed by atoms with van der Waals surface area (Å²) >= 11 is 1.51. The molecular formula is C24H26N2O5S. The Morgan fingerprint density at radius 3 is 2.41 bits per heavy atom. The van der Waals surface area contributed by atoms with Crippen LogP contribution in [0, 0.1) is 0 Å². The number of β-lactam (4-membered cyclic amide) rings is 1. The van der Waals surface area contributed by atoms with Crippen LogP contribution in [0.2, 0.25) is 0 Å². The number of benzene rings is 2. The number of carbonyl (C=O) groups excluding carboxylic acids is 3. The SMILES string of the molecule is COc1ccc(COC(=O)C2N3C(=O)C(NC(=O)Cc4ccccc4)C3SC2(C)C)cc1. The van der Waals surface area contributed by atoms with Crippen molar-refractivity contribution < 1.29 is 23.9 Å². The van der Waals surface area contributed by atoms with Crippen molar-refractivity contribution in [3.8, 4) is 5.75 Å². The zero-order chi connectivity index (χ0) is 22.9. The number of fused-ring (bicyclic) bond motifs is 1. The summed E-state index contributed by atoms with van der Waals surface area (Å²) in [6.07, 6.45) is 0.207. The van der Waals surface area contributed by atoms with Gasteiger partial charge in [0, 0.05) is 4.75 Å². The minimum atomic E-state index is -0.703. The summed E-state index contributed by atoms with van der Waals surface area (Å²) in [4.78, 5) is 39.8. The van der Waals surface area contributed by atoms with Crippen LogP contribution in [0.3, 0.4) is 0 Å². The number of ether oxygens (including phenoxy) is 2. The van der Waals surface area contributed by atoms with E-state index < -0.39 is 22.8 Å². The summed E-state index contributed by atoms with van der Waals surface area (Å²) in [5.74, 6) is -0.176. The molecule has 0 aliphatic carbocycles. The molecule has 2 saturated heterocycles. The zero-order valence-corrected chi connectivity index (χ0v) is 19.1. The molecule has 0 bridgehead atoms. The number of hydrogen-bond acceptors (Lipinski definition) is 6. The lowest BCUT2D eigenvalue weighted by Gasteiger charge is -2.44. The number of nitrogens with one attached hydrogen (secondary N) is 1. The first-order valence-electron chi connectivity index (χ1n) is 10.4. The summed E-state index contributed by atoms with van der Waals surface area (Å²) in [5, 5.41) is 2.56. The third-order valence-corrected chi connectivity index (χ3v) is 7.30. The highest BCUT2D eigenvalue weighted by Gasteiger charge is 2.64. The third kappa shape index (κ3) is 4.32. The zero-order valence-electron chi connectivity index (χ0n) is 18.2. The van der Waals surface area contributed by atoms with Gasteiger partial charge in [0.25, 0.3) is 0 Å². The molecule has 2 aromatic carbocycles. The number of carbonyl (C=O) groups is 3. The summed E-state index contributed by atoms with van der Waals surface area (Å²) < 4.78 is 10.1. The standard InChI is InChI=1S/C24H26N2O5S/c1-24(2)20(23(29)31-14-16-9-11-17(30-3)12-10-16)26-21(28)19(22(26)32-24)25-18(27)13-15-7-5-4-6-8-15/h4-12,19-20,22H,13-14H2,1-3H3,(H,25,27). The molecule has 2 amide bonds. The quantitative estimate of drug-likeness (QED) is 0.511. The van der Waals surface area contributed by atoms with Crippen LogP contribution in [-0.4, -0.2) is 52.0 Å². The van der Waals surface area contributed by atoms with E-state index in [2.05, 4.69) is 5.32 Å². The molecule has 3 atom stereocenters. The van der Waals surface area contributed by atoms with Gasteiger partial charge in [0.2, 0.25) is 11.8 Å². The van der Waals surface area contributed by atoms with Crippen LogP contribution in [0.4, 0.5) is 0 Å². The fourth-order valence-corrected chi connectivity index (χ4v) is 5.71. The molecule has 0 aromatic heterocycles. The second kappa shape index (κ2) is 8.86. The highest BCUT2D eigenvalue weighted by atomic mass is 32.2. The Morgan fingerprint density at radius 2 is 1.75 bits per heavy atom. The molecule has 168 valence electrons. The molecule has 8 heteroatoms. The molecule has 32 heavy (non-hydrogen) atoms. The number of amides is 2. The van der Waals surface area contributed by atoms with Crippen molar-refractivity contribution in [2.45, 2.75) is 49.1 Å². The first-order valence-corrected chi connectivity index (χ1v) is 11.3. The lowest BCUT2D eigenvalue weighted by atomic mass is 9.96. The molecular weight excluding hydrogens is 428 g/mol. The Bertz CT molecular complexity index is 1010. The van der Waals surface area contributed by atoms with E-state index in [0.29, 0.717) is 0 Å². The molecule has 7 nitrogen and oxygen atoms in total. The Kier molecular flexibility index (Phi) is 6.15. The summed E-state index contributed by atoms with van der Waals surface area (Å²) in [6, 6.07) is 15.3. The molecule has 0 spiro atoms. The highest BCUT2D eigenvalue weighted by molar-refractivity contribution is 8.01. The summed E-state index contributed by atoms with van der Waals surface area (Å²) in [5.41, 5.74) is 1.72. The number of hydrogen-bond donors (Lipinski definition) is 1. The molecule has 0 saturated carbocycles. The van der Waals surface area contributed by atoms with Crippen molar-refractivity contribution in [3.05, 3.63) is 65.7 Å². The molecule has 0 radical (unpaired) electrons. The maximum Gasteiger partial charge on any atom is 0.330 e. The van der Waals surface area contributed by atoms with Crippen LogP contribution in [0.5, 0.6) is 5.75 Å². The molecule has 2 fully saturated rings. The molecule has 3 unspecified atom stereocenters. The van der Waals surface area contributed by atoms with Crippen molar-refractivity contribution in [1.82, 2.24) is 10.2 Å². The van der Waals surface area contributed by atoms with Gasteiger partial charge in [-0.1, -0.05) is 42.5 Å². The summed E-state index contributed by atoms with van der Waals surface area (Å²) in [7, 11) is 1.59. The van der Waals surface area contributed by atoms with E-state index >= 15 is 0 Å². The number of methoxy groups -OCH3 is 1. The van der Waals surface area contributed by atoms with Gasteiger partial charge in [-0.2, -0.15) is 0 Å². The number of esters is 1. The van der Waals surface area contributed by atoms with Crippen LogP contribution < -0.4 is 10.1 Å². The molecule has 1 N–H and O–H groups in total. The van der Waals surface area contributed by atoms with Crippen LogP contribution in [0.1, 0.15) is 25.0 Å². The fourth-order valence-electron chi connectivity index (χ4n) is 4.09. The second-order valence-electron chi connectivity index (χ2n) is 8.42. The monoisotopic (exact) mass is 454 g/mol. The first-order chi connectivity index (χ1) is 15.3. The average molecular weight is 455 g/mol. The summed E-state index contributed by atoms with van der Waals surface area (Å²) in [6.45, 7) is 3.96. The third-order valence-electron chi connectivity index (χ3n) is 5.73. The van der Waals surface area contributed by atoms with E-state index in [4.69, 9.17) is 9.47 Å². The predicted molar refractivity (Wildman–Crippen MR) is 121 cm³/mol. The Labute approximate surface area is 191 Å². The topological polar surface area (TPSA) is 84.9 Å². The van der Waals surface area contributed by atoms with E-state index in [1.807, 2.05) is 56.3 Å². The van der Waals surface area contributed by atoms with E-state index in [9.17, 15) is 14.4 Å². The molecule has 2 heterocycles. The van der Waals surface area contributed by atoms with Crippen LogP contribution in [0.15, 0.2) is 54.6 Å². The Morgan fingerprint density at radius 1 is 1.06 bits per heavy atom. The molecule has 2 aliphatic rings. The van der Waals surface area contributed by atoms with Gasteiger partial charge in [0.1, 0.15) is 29.8 Å². The van der Waals surface area contributed by atoms with Crippen LogP contribution >= 0.6 is 11.8 Å². The molecule has 2 aromatic rings. The predicted octanol–water partition coefficient (Wildman–Crippen LogP) is 2.53. The normalized spacial score (nSPS) is 23.2. The largest absolute Gasteiger partial charge is 0.497 e. The Hall–Kier alpha value is -3.00. The lowest BCUT2D eigenvalue weighted by molar-refractivity contribution is -0.165. The van der Waals surface area contributed by atoms with Crippen molar-refractivity contribution in [3.63, 3.8) is 0 Å². The van der Waals surface area contributed by atoms with Crippen molar-refractivity contribution >= 4 is 29.5 Å². The van der Waals surface area contributed by atoms with Gasteiger partial charge in [-0.05, 0) is 37.1 Å². The van der Waals surface area contributed by atoms with Crippen molar-refractivity contribution in [2.75, 3.05) is 7.11 Å². The minimum Gasteiger partial charge on any atom is -0.497 e. The molecule has 4 rings (SSSR count). The maximum absolute atomic E-state index is 12.9. The van der Waals surface area contributed by atoms with Gasteiger partial charge in [0.05, 0.1) is 13.5 Å². The van der Waals surface area contributed by atoms with Crippen LogP contribution in [-0.2, 0) is 32.1 Å². The lowest BCUT2D eigenvalue weighted by Crippen LogP contribution is -2.70. The number of nitrogens with zero attached hydrogens (tertiary/aromatic N) is 1. The van der Waals surface area contributed by atoms with Gasteiger partial charge in [0.15, 0.2) is 0 Å².